The summed E-state index contributed by atoms with van der Waals surface area (Å²) in [4.78, 5) is 0. The van der Waals surface area contributed by atoms with Crippen LogP contribution in [0.1, 0.15) is 84.6 Å². The fourth-order valence-corrected chi connectivity index (χ4v) is 6.68. The predicted molar refractivity (Wildman–Crippen MR) is 189 cm³/mol. The minimum absolute atomic E-state index is 0.0585. The summed E-state index contributed by atoms with van der Waals surface area (Å²) >= 11 is 0. The molecule has 0 saturated carbocycles. The van der Waals surface area contributed by atoms with Gasteiger partial charge in [0.1, 0.15) is 28.7 Å². The van der Waals surface area contributed by atoms with E-state index in [1.165, 1.54) is 88.1 Å². The highest BCUT2D eigenvalue weighted by Crippen LogP contribution is 2.50. The van der Waals surface area contributed by atoms with Crippen molar-refractivity contribution >= 4 is 43.1 Å². The van der Waals surface area contributed by atoms with Gasteiger partial charge in [0, 0.05) is 0 Å². The van der Waals surface area contributed by atoms with E-state index in [0.717, 1.165) is 0 Å². The average Bonchev–Trinajstić information content (AvgIpc) is 3.02. The first-order valence-electron chi connectivity index (χ1n) is 16.8. The Labute approximate surface area is 267 Å². The molecule has 5 aromatic rings. The van der Waals surface area contributed by atoms with E-state index < -0.39 is 0 Å². The molecule has 6 nitrogen and oxygen atoms in total. The summed E-state index contributed by atoms with van der Waals surface area (Å²) in [6.45, 7) is 16.7. The standard InChI is InChI=1S/C23H16O5.C16H36N/c1-10-5-6-12-8-14-9-13-7-11-3-2-4-15(24)16(11)21(26)18(13)23(28)19(14)22(27)17(12)20(10)25;1-5-9-13-17(14-10-6-2,15-11-7-3)16-12-8-4/h2-9,24-28H,1H3;5-16H2,1-4H3/q;+1. The minimum Gasteiger partial charge on any atom is -0.507 e. The Bertz CT molecular complexity index is 1740. The van der Waals surface area contributed by atoms with Gasteiger partial charge in [0.05, 0.1) is 47.7 Å². The molecule has 0 radical (unpaired) electrons. The van der Waals surface area contributed by atoms with Gasteiger partial charge in [-0.2, -0.15) is 0 Å². The number of phenolic OH excluding ortho intramolecular Hbond substituents is 5. The molecule has 0 heterocycles. The quantitative estimate of drug-likeness (QED) is 0.0711. The van der Waals surface area contributed by atoms with E-state index in [-0.39, 0.29) is 50.3 Å². The molecule has 0 unspecified atom stereocenters. The summed E-state index contributed by atoms with van der Waals surface area (Å²) < 4.78 is 1.42. The molecule has 5 rings (SSSR count). The number of aromatic hydroxyl groups is 5. The average molecular weight is 615 g/mol. The van der Waals surface area contributed by atoms with Crippen LogP contribution in [0, 0.1) is 6.92 Å². The third-order valence-corrected chi connectivity index (χ3v) is 9.36. The highest BCUT2D eigenvalue weighted by Gasteiger charge is 2.25. The Morgan fingerprint density at radius 2 is 0.867 bits per heavy atom. The summed E-state index contributed by atoms with van der Waals surface area (Å²) in [7, 11) is 0. The van der Waals surface area contributed by atoms with Crippen LogP contribution in [0.5, 0.6) is 28.7 Å². The molecule has 0 aliphatic carbocycles. The number of fused-ring (bicyclic) bond motifs is 4. The Morgan fingerprint density at radius 3 is 1.33 bits per heavy atom. The SMILES string of the molecule is CCCC[N+](CCCC)(CCCC)CCCC.Cc1ccc2cc3cc4cc5cccc(O)c5c(O)c4c(O)c3c(O)c2c1O. The largest absolute Gasteiger partial charge is 0.507 e. The van der Waals surface area contributed by atoms with Crippen molar-refractivity contribution in [2.24, 2.45) is 0 Å². The third-order valence-electron chi connectivity index (χ3n) is 9.36. The lowest BCUT2D eigenvalue weighted by Crippen LogP contribution is -2.50. The summed E-state index contributed by atoms with van der Waals surface area (Å²) in [5.41, 5.74) is 0.598. The second kappa shape index (κ2) is 14.9. The van der Waals surface area contributed by atoms with E-state index in [1.54, 1.807) is 49.4 Å². The molecule has 0 bridgehead atoms. The normalized spacial score (nSPS) is 11.8. The summed E-state index contributed by atoms with van der Waals surface area (Å²) in [5, 5.41) is 56.3. The van der Waals surface area contributed by atoms with Crippen molar-refractivity contribution in [3.8, 4) is 28.7 Å². The van der Waals surface area contributed by atoms with E-state index in [1.807, 2.05) is 0 Å². The maximum Gasteiger partial charge on any atom is 0.138 e. The van der Waals surface area contributed by atoms with Crippen LogP contribution in [0.2, 0.25) is 0 Å². The number of hydrogen-bond donors (Lipinski definition) is 5. The highest BCUT2D eigenvalue weighted by molar-refractivity contribution is 6.19. The zero-order valence-corrected chi connectivity index (χ0v) is 27.8. The predicted octanol–water partition coefficient (Wildman–Crippen LogP) is 10.1. The Morgan fingerprint density at radius 1 is 0.467 bits per heavy atom. The van der Waals surface area contributed by atoms with Crippen molar-refractivity contribution < 1.29 is 30.0 Å². The second-order valence-electron chi connectivity index (χ2n) is 12.7. The molecule has 0 saturated heterocycles. The molecular weight excluding hydrogens is 562 g/mol. The van der Waals surface area contributed by atoms with Gasteiger partial charge < -0.3 is 30.0 Å². The van der Waals surface area contributed by atoms with Crippen LogP contribution in [0.3, 0.4) is 0 Å². The number of unbranched alkanes of at least 4 members (excludes halogenated alkanes) is 4. The smallest absolute Gasteiger partial charge is 0.138 e. The van der Waals surface area contributed by atoms with Crippen LogP contribution >= 0.6 is 0 Å². The molecule has 0 amide bonds. The monoisotopic (exact) mass is 614 g/mol. The van der Waals surface area contributed by atoms with Crippen molar-refractivity contribution in [1.29, 1.82) is 0 Å². The van der Waals surface area contributed by atoms with E-state index in [2.05, 4.69) is 27.7 Å². The molecular formula is C39H52NO5+. The van der Waals surface area contributed by atoms with Gasteiger partial charge in [-0.25, -0.2) is 0 Å². The first kappa shape index (κ1) is 34.0. The molecule has 0 fully saturated rings. The molecule has 0 aromatic heterocycles. The van der Waals surface area contributed by atoms with Gasteiger partial charge in [0.25, 0.3) is 0 Å². The summed E-state index contributed by atoms with van der Waals surface area (Å²) in [6, 6.07) is 13.7. The lowest BCUT2D eigenvalue weighted by Gasteiger charge is -2.39. The van der Waals surface area contributed by atoms with Crippen molar-refractivity contribution in [2.75, 3.05) is 26.2 Å². The maximum absolute atomic E-state index is 11.0. The van der Waals surface area contributed by atoms with Gasteiger partial charge in [-0.3, -0.25) is 0 Å². The Kier molecular flexibility index (Phi) is 11.3. The van der Waals surface area contributed by atoms with Crippen LogP contribution in [-0.2, 0) is 0 Å². The van der Waals surface area contributed by atoms with Crippen molar-refractivity contribution in [2.45, 2.75) is 86.0 Å². The zero-order valence-electron chi connectivity index (χ0n) is 27.8. The third kappa shape index (κ3) is 7.01. The zero-order chi connectivity index (χ0) is 32.7. The summed E-state index contributed by atoms with van der Waals surface area (Å²) in [5.74, 6) is -0.998. The van der Waals surface area contributed by atoms with Gasteiger partial charge in [0.2, 0.25) is 0 Å². The number of rotatable bonds is 12. The fraction of sp³-hybridized carbons (Fsp3) is 0.436. The molecule has 45 heavy (non-hydrogen) atoms. The van der Waals surface area contributed by atoms with Gasteiger partial charge in [-0.15, -0.1) is 0 Å². The van der Waals surface area contributed by atoms with Crippen molar-refractivity contribution in [3.05, 3.63) is 54.1 Å². The second-order valence-corrected chi connectivity index (χ2v) is 12.7. The molecule has 242 valence electrons. The molecule has 0 aliphatic rings. The van der Waals surface area contributed by atoms with Crippen LogP contribution in [0.25, 0.3) is 43.1 Å². The van der Waals surface area contributed by atoms with Crippen LogP contribution in [0.15, 0.2) is 48.5 Å². The number of nitrogens with zero attached hydrogens (tertiary/aromatic N) is 1. The molecule has 5 aromatic carbocycles. The van der Waals surface area contributed by atoms with Crippen molar-refractivity contribution in [3.63, 3.8) is 0 Å². The van der Waals surface area contributed by atoms with E-state index in [0.29, 0.717) is 27.1 Å². The van der Waals surface area contributed by atoms with Crippen LogP contribution in [-0.4, -0.2) is 56.2 Å². The molecule has 0 aliphatic heterocycles. The van der Waals surface area contributed by atoms with Gasteiger partial charge >= 0.3 is 0 Å². The number of quaternary nitrogens is 1. The topological polar surface area (TPSA) is 101 Å². The lowest BCUT2D eigenvalue weighted by atomic mass is 9.94. The Hall–Kier alpha value is -3.90. The van der Waals surface area contributed by atoms with E-state index >= 15 is 0 Å². The molecule has 6 heteroatoms. The van der Waals surface area contributed by atoms with Crippen LogP contribution in [0.4, 0.5) is 0 Å². The van der Waals surface area contributed by atoms with Gasteiger partial charge in [-0.1, -0.05) is 77.6 Å². The molecule has 0 spiro atoms. The summed E-state index contributed by atoms with van der Waals surface area (Å²) in [6.07, 6.45) is 11.1. The first-order valence-corrected chi connectivity index (χ1v) is 16.8. The number of hydrogen-bond acceptors (Lipinski definition) is 5. The van der Waals surface area contributed by atoms with E-state index in [9.17, 15) is 25.5 Å². The molecule has 5 N–H and O–H groups in total. The minimum atomic E-state index is -0.310. The Balaban J connectivity index is 0.000000236. The maximum atomic E-state index is 11.0. The van der Waals surface area contributed by atoms with Gasteiger partial charge in [-0.05, 0) is 84.0 Å². The number of benzene rings is 5. The number of phenols is 5. The number of aryl methyl sites for hydroxylation is 1. The fourth-order valence-electron chi connectivity index (χ4n) is 6.68. The van der Waals surface area contributed by atoms with E-state index in [4.69, 9.17) is 0 Å². The van der Waals surface area contributed by atoms with Gasteiger partial charge in [0.15, 0.2) is 0 Å². The first-order chi connectivity index (χ1) is 21.6. The van der Waals surface area contributed by atoms with Crippen molar-refractivity contribution in [1.82, 2.24) is 0 Å². The highest BCUT2D eigenvalue weighted by atomic mass is 16.3. The molecule has 0 atom stereocenters. The lowest BCUT2D eigenvalue weighted by molar-refractivity contribution is -0.929. The van der Waals surface area contributed by atoms with Crippen LogP contribution < -0.4 is 0 Å².